The molecule has 0 unspecified atom stereocenters. The zero-order valence-electron chi connectivity index (χ0n) is 14.0. The van der Waals surface area contributed by atoms with Gasteiger partial charge in [-0.1, -0.05) is 6.92 Å². The number of rotatable bonds is 6. The van der Waals surface area contributed by atoms with Crippen molar-refractivity contribution in [2.75, 3.05) is 5.32 Å². The second-order valence-electron chi connectivity index (χ2n) is 5.13. The monoisotopic (exact) mass is 366 g/mol. The van der Waals surface area contributed by atoms with Crippen LogP contribution in [0.4, 0.5) is 19.4 Å². The molecule has 2 aromatic heterocycles. The van der Waals surface area contributed by atoms with E-state index in [1.165, 1.54) is 18.3 Å². The van der Waals surface area contributed by atoms with Crippen LogP contribution in [0.15, 0.2) is 28.8 Å². The number of amides is 1. The van der Waals surface area contributed by atoms with Crippen LogP contribution in [-0.4, -0.2) is 27.5 Å². The number of hydrogen-bond donors (Lipinski definition) is 1. The predicted octanol–water partition coefficient (Wildman–Crippen LogP) is 3.82. The predicted molar refractivity (Wildman–Crippen MR) is 87.6 cm³/mol. The summed E-state index contributed by atoms with van der Waals surface area (Å²) in [5.41, 5.74) is 0.116. The highest BCUT2D eigenvalue weighted by Gasteiger charge is 2.20. The molecule has 10 heteroatoms. The first kappa shape index (κ1) is 17.6. The van der Waals surface area contributed by atoms with Crippen LogP contribution in [0.5, 0.6) is 11.5 Å². The van der Waals surface area contributed by atoms with E-state index in [1.807, 2.05) is 6.92 Å². The molecule has 0 radical (unpaired) electrons. The third-order valence-corrected chi connectivity index (χ3v) is 3.48. The van der Waals surface area contributed by atoms with Gasteiger partial charge in [0.1, 0.15) is 5.82 Å². The highest BCUT2D eigenvalue weighted by Crippen LogP contribution is 2.34. The lowest BCUT2D eigenvalue weighted by Crippen LogP contribution is -2.19. The van der Waals surface area contributed by atoms with Crippen LogP contribution in [0.2, 0.25) is 0 Å². The number of nitrogens with one attached hydrogen (secondary N) is 1. The van der Waals surface area contributed by atoms with E-state index in [1.54, 1.807) is 17.7 Å². The fourth-order valence-corrected chi connectivity index (χ4v) is 2.35. The van der Waals surface area contributed by atoms with Crippen molar-refractivity contribution in [3.05, 3.63) is 30.3 Å². The summed E-state index contributed by atoms with van der Waals surface area (Å²) < 4.78 is 41.8. The van der Waals surface area contributed by atoms with Crippen molar-refractivity contribution in [3.8, 4) is 11.5 Å². The van der Waals surface area contributed by atoms with E-state index in [2.05, 4.69) is 20.1 Å². The molecule has 3 rings (SSSR count). The van der Waals surface area contributed by atoms with Crippen molar-refractivity contribution in [2.45, 2.75) is 33.4 Å². The first-order valence-electron chi connectivity index (χ1n) is 7.89. The van der Waals surface area contributed by atoms with Gasteiger partial charge in [0.25, 0.3) is 0 Å². The summed E-state index contributed by atoms with van der Waals surface area (Å²) in [5.74, 6) is 0.641. The zero-order chi connectivity index (χ0) is 18.7. The van der Waals surface area contributed by atoms with Crippen LogP contribution in [0.3, 0.4) is 0 Å². The van der Waals surface area contributed by atoms with Crippen LogP contribution in [-0.2, 0) is 13.0 Å². The molecule has 1 N–H and O–H groups in total. The summed E-state index contributed by atoms with van der Waals surface area (Å²) >= 11 is 0. The van der Waals surface area contributed by atoms with Crippen molar-refractivity contribution in [1.29, 1.82) is 0 Å². The molecule has 0 atom stereocenters. The largest absolute Gasteiger partial charge is 0.437 e. The normalized spacial score (nSPS) is 11.1. The van der Waals surface area contributed by atoms with Crippen molar-refractivity contribution in [3.63, 3.8) is 0 Å². The number of anilines is 1. The Hall–Kier alpha value is -3.17. The van der Waals surface area contributed by atoms with Crippen molar-refractivity contribution in [1.82, 2.24) is 14.8 Å². The molecule has 0 spiro atoms. The lowest BCUT2D eigenvalue weighted by molar-refractivity contribution is -0.0489. The molecular formula is C16H16F2N4O4. The van der Waals surface area contributed by atoms with Crippen molar-refractivity contribution >= 4 is 23.0 Å². The first-order chi connectivity index (χ1) is 12.5. The molecule has 0 aliphatic carbocycles. The van der Waals surface area contributed by atoms with Gasteiger partial charge in [-0.15, -0.1) is 0 Å². The van der Waals surface area contributed by atoms with Crippen LogP contribution in [0.1, 0.15) is 19.7 Å². The van der Waals surface area contributed by atoms with Gasteiger partial charge in [0.15, 0.2) is 22.9 Å². The number of hydrogen-bond acceptors (Lipinski definition) is 6. The molecule has 1 amide bonds. The summed E-state index contributed by atoms with van der Waals surface area (Å²) in [5, 5.41) is 6.58. The van der Waals surface area contributed by atoms with Crippen LogP contribution >= 0.6 is 0 Å². The van der Waals surface area contributed by atoms with E-state index >= 15 is 0 Å². The third kappa shape index (κ3) is 3.58. The number of fused-ring (bicyclic) bond motifs is 1. The van der Waals surface area contributed by atoms with E-state index in [0.29, 0.717) is 24.7 Å². The molecule has 0 aliphatic heterocycles. The second-order valence-corrected chi connectivity index (χ2v) is 5.13. The number of alkyl halides is 2. The highest BCUT2D eigenvalue weighted by atomic mass is 19.3. The molecule has 1 aromatic carbocycles. The average molecular weight is 366 g/mol. The number of carbonyl (C=O) groups is 1. The molecule has 26 heavy (non-hydrogen) atoms. The number of carbonyl (C=O) groups excluding carboxylic acids is 1. The third-order valence-electron chi connectivity index (χ3n) is 3.48. The number of halogens is 2. The van der Waals surface area contributed by atoms with Gasteiger partial charge in [0, 0.05) is 19.0 Å². The van der Waals surface area contributed by atoms with Gasteiger partial charge in [0.05, 0.1) is 6.20 Å². The fourth-order valence-electron chi connectivity index (χ4n) is 2.35. The molecule has 8 nitrogen and oxygen atoms in total. The molecule has 0 saturated carbocycles. The van der Waals surface area contributed by atoms with E-state index in [-0.39, 0.29) is 22.6 Å². The highest BCUT2D eigenvalue weighted by molar-refractivity contribution is 5.91. The first-order valence-corrected chi connectivity index (χ1v) is 7.89. The molecule has 0 saturated heterocycles. The summed E-state index contributed by atoms with van der Waals surface area (Å²) in [4.78, 5) is 16.2. The van der Waals surface area contributed by atoms with E-state index in [0.717, 1.165) is 0 Å². The van der Waals surface area contributed by atoms with Gasteiger partial charge in [-0.05, 0) is 19.1 Å². The number of ether oxygens (including phenoxy) is 2. The topological polar surface area (TPSA) is 91.4 Å². The number of nitrogens with zero attached hydrogens (tertiary/aromatic N) is 3. The minimum absolute atomic E-state index is 0.0360. The van der Waals surface area contributed by atoms with Crippen molar-refractivity contribution < 1.29 is 27.5 Å². The van der Waals surface area contributed by atoms with Gasteiger partial charge >= 0.3 is 12.7 Å². The Morgan fingerprint density at radius 1 is 1.31 bits per heavy atom. The number of benzene rings is 1. The maximum atomic E-state index is 12.5. The zero-order valence-corrected chi connectivity index (χ0v) is 14.0. The quantitative estimate of drug-likeness (QED) is 0.713. The Balaban J connectivity index is 1.87. The minimum atomic E-state index is -3.01. The maximum Gasteiger partial charge on any atom is 0.418 e. The van der Waals surface area contributed by atoms with Gasteiger partial charge in [0.2, 0.25) is 5.58 Å². The Labute approximate surface area is 146 Å². The van der Waals surface area contributed by atoms with Crippen LogP contribution < -0.4 is 14.8 Å². The van der Waals surface area contributed by atoms with Gasteiger partial charge in [-0.2, -0.15) is 13.9 Å². The lowest BCUT2D eigenvalue weighted by atomic mass is 10.3. The second kappa shape index (κ2) is 7.38. The fraction of sp³-hybridized carbons (Fsp3) is 0.312. The standard InChI is InChI=1S/C16H16F2N4O4/c1-3-12-21-13-9(24-15(17)18)5-6-10(14(13)26-12)25-16(23)20-11-7-8-19-22(11)4-2/h5-8,15H,3-4H2,1-2H3,(H,20,23). The molecule has 0 bridgehead atoms. The molecular weight excluding hydrogens is 350 g/mol. The summed E-state index contributed by atoms with van der Waals surface area (Å²) in [7, 11) is 0. The Morgan fingerprint density at radius 2 is 2.08 bits per heavy atom. The average Bonchev–Trinajstić information content (AvgIpc) is 3.23. The summed E-state index contributed by atoms with van der Waals surface area (Å²) in [6, 6.07) is 4.17. The number of aryl methyl sites for hydroxylation is 2. The lowest BCUT2D eigenvalue weighted by Gasteiger charge is -2.09. The molecule has 2 heterocycles. The maximum absolute atomic E-state index is 12.5. The number of aromatic nitrogens is 3. The van der Waals surface area contributed by atoms with Gasteiger partial charge < -0.3 is 13.9 Å². The molecule has 138 valence electrons. The number of oxazole rings is 1. The summed E-state index contributed by atoms with van der Waals surface area (Å²) in [6.45, 7) is 1.21. The Morgan fingerprint density at radius 3 is 2.77 bits per heavy atom. The smallest absolute Gasteiger partial charge is 0.418 e. The van der Waals surface area contributed by atoms with Crippen LogP contribution in [0.25, 0.3) is 11.1 Å². The van der Waals surface area contributed by atoms with Gasteiger partial charge in [-0.3, -0.25) is 5.32 Å². The molecule has 0 aliphatic rings. The Bertz CT molecular complexity index is 922. The van der Waals surface area contributed by atoms with Crippen LogP contribution in [0, 0.1) is 0 Å². The van der Waals surface area contributed by atoms with E-state index in [4.69, 9.17) is 9.15 Å². The molecule has 0 fully saturated rings. The minimum Gasteiger partial charge on any atom is -0.437 e. The SMILES string of the molecule is CCc1nc2c(OC(F)F)ccc(OC(=O)Nc3ccnn3CC)c2o1. The van der Waals surface area contributed by atoms with E-state index < -0.39 is 12.7 Å². The summed E-state index contributed by atoms with van der Waals surface area (Å²) in [6.07, 6.45) is 1.19. The van der Waals surface area contributed by atoms with Gasteiger partial charge in [-0.25, -0.2) is 14.5 Å². The molecule has 3 aromatic rings. The van der Waals surface area contributed by atoms with E-state index in [9.17, 15) is 13.6 Å². The Kier molecular flexibility index (Phi) is 5.01. The van der Waals surface area contributed by atoms with Crippen molar-refractivity contribution in [2.24, 2.45) is 0 Å².